The van der Waals surface area contributed by atoms with Crippen LogP contribution in [0, 0.1) is 6.92 Å². The minimum absolute atomic E-state index is 0.00298. The second kappa shape index (κ2) is 8.10. The molecule has 19 heavy (non-hydrogen) atoms. The smallest absolute Gasteiger partial charge is 0.159 e. The highest BCUT2D eigenvalue weighted by atomic mass is 16.5. The first kappa shape index (κ1) is 15.9. The summed E-state index contributed by atoms with van der Waals surface area (Å²) in [6.45, 7) is 12.1. The van der Waals surface area contributed by atoms with Gasteiger partial charge in [-0.1, -0.05) is 20.8 Å². The van der Waals surface area contributed by atoms with Crippen LogP contribution in [0.2, 0.25) is 0 Å². The summed E-state index contributed by atoms with van der Waals surface area (Å²) in [5, 5.41) is 3.41. The highest BCUT2D eigenvalue weighted by Gasteiger charge is 2.16. The Hall–Kier alpha value is -1.16. The minimum atomic E-state index is -0.00298. The molecule has 1 N–H and O–H groups in total. The molecule has 108 valence electrons. The number of ether oxygens (including phenoxy) is 1. The first-order valence-electron chi connectivity index (χ1n) is 7.40. The van der Waals surface area contributed by atoms with Gasteiger partial charge < -0.3 is 10.1 Å². The molecule has 0 spiro atoms. The van der Waals surface area contributed by atoms with Crippen molar-refractivity contribution < 1.29 is 4.74 Å². The molecule has 0 aromatic carbocycles. The van der Waals surface area contributed by atoms with Crippen molar-refractivity contribution in [2.75, 3.05) is 18.5 Å². The van der Waals surface area contributed by atoms with Gasteiger partial charge in [-0.2, -0.15) is 0 Å². The van der Waals surface area contributed by atoms with E-state index < -0.39 is 0 Å². The zero-order chi connectivity index (χ0) is 14.3. The highest BCUT2D eigenvalue weighted by molar-refractivity contribution is 5.46. The summed E-state index contributed by atoms with van der Waals surface area (Å²) in [4.78, 5) is 9.31. The number of hydrogen-bond acceptors (Lipinski definition) is 4. The molecule has 1 atom stereocenters. The maximum atomic E-state index is 5.71. The maximum Gasteiger partial charge on any atom is 0.159 e. The number of hydrogen-bond donors (Lipinski definition) is 1. The second-order valence-electron chi connectivity index (χ2n) is 4.63. The van der Waals surface area contributed by atoms with Crippen LogP contribution in [-0.2, 0) is 11.2 Å². The molecule has 4 heteroatoms. The molecule has 1 aromatic rings. The van der Waals surface area contributed by atoms with Crippen LogP contribution >= 0.6 is 0 Å². The van der Waals surface area contributed by atoms with Crippen LogP contribution < -0.4 is 5.32 Å². The number of anilines is 1. The number of nitrogens with zero attached hydrogens (tertiary/aromatic N) is 2. The lowest BCUT2D eigenvalue weighted by Crippen LogP contribution is -2.14. The number of aromatic nitrogens is 2. The van der Waals surface area contributed by atoms with Crippen LogP contribution in [0.5, 0.6) is 0 Å². The molecule has 0 fully saturated rings. The van der Waals surface area contributed by atoms with Crippen molar-refractivity contribution in [2.24, 2.45) is 0 Å². The maximum absolute atomic E-state index is 5.71. The number of nitrogens with one attached hydrogen (secondary N) is 1. The van der Waals surface area contributed by atoms with Crippen LogP contribution in [-0.4, -0.2) is 23.1 Å². The Labute approximate surface area is 117 Å². The van der Waals surface area contributed by atoms with Gasteiger partial charge in [0.1, 0.15) is 11.9 Å². The van der Waals surface area contributed by atoms with Crippen molar-refractivity contribution in [3.63, 3.8) is 0 Å². The lowest BCUT2D eigenvalue weighted by Gasteiger charge is -2.18. The van der Waals surface area contributed by atoms with Gasteiger partial charge in [0.05, 0.1) is 0 Å². The van der Waals surface area contributed by atoms with E-state index in [4.69, 9.17) is 4.74 Å². The normalized spacial score (nSPS) is 12.5. The molecular weight excluding hydrogens is 238 g/mol. The van der Waals surface area contributed by atoms with E-state index >= 15 is 0 Å². The molecule has 0 aliphatic rings. The zero-order valence-corrected chi connectivity index (χ0v) is 12.9. The summed E-state index contributed by atoms with van der Waals surface area (Å²) in [7, 11) is 0. The molecule has 1 unspecified atom stereocenters. The van der Waals surface area contributed by atoms with Crippen molar-refractivity contribution in [2.45, 2.75) is 60.0 Å². The summed E-state index contributed by atoms with van der Waals surface area (Å²) in [6.07, 6.45) is 2.93. The number of aryl methyl sites for hydroxylation is 1. The Bertz CT molecular complexity index is 393. The van der Waals surface area contributed by atoms with Gasteiger partial charge in [-0.25, -0.2) is 9.97 Å². The van der Waals surface area contributed by atoms with Crippen LogP contribution in [0.15, 0.2) is 0 Å². The molecule has 0 aliphatic heterocycles. The Balaban J connectivity index is 3.09. The van der Waals surface area contributed by atoms with Crippen LogP contribution in [0.1, 0.15) is 63.7 Å². The Morgan fingerprint density at radius 2 is 1.89 bits per heavy atom. The standard InChI is InChI=1S/C15H27N3O/c1-6-10-16-14-12(7-2)11(5)17-15(18-14)13(8-3)19-9-4/h13H,6-10H2,1-5H3,(H,16,17,18). The molecule has 0 saturated carbocycles. The van der Waals surface area contributed by atoms with E-state index in [2.05, 4.69) is 43.0 Å². The van der Waals surface area contributed by atoms with Gasteiger partial charge in [0.25, 0.3) is 0 Å². The van der Waals surface area contributed by atoms with E-state index in [1.54, 1.807) is 0 Å². The fourth-order valence-corrected chi connectivity index (χ4v) is 2.15. The minimum Gasteiger partial charge on any atom is -0.371 e. The van der Waals surface area contributed by atoms with Gasteiger partial charge in [0, 0.05) is 24.4 Å². The summed E-state index contributed by atoms with van der Waals surface area (Å²) < 4.78 is 5.71. The van der Waals surface area contributed by atoms with Crippen LogP contribution in [0.25, 0.3) is 0 Å². The first-order valence-corrected chi connectivity index (χ1v) is 7.40. The van der Waals surface area contributed by atoms with E-state index in [9.17, 15) is 0 Å². The SMILES string of the molecule is CCCNc1nc(C(CC)OCC)nc(C)c1CC. The predicted molar refractivity (Wildman–Crippen MR) is 79.6 cm³/mol. The molecule has 0 saturated heterocycles. The average Bonchev–Trinajstić information content (AvgIpc) is 2.41. The molecule has 1 aromatic heterocycles. The highest BCUT2D eigenvalue weighted by Crippen LogP contribution is 2.23. The topological polar surface area (TPSA) is 47.0 Å². The number of rotatable bonds is 8. The molecule has 0 amide bonds. The third-order valence-corrected chi connectivity index (χ3v) is 3.15. The van der Waals surface area contributed by atoms with Crippen LogP contribution in [0.4, 0.5) is 5.82 Å². The molecular formula is C15H27N3O. The monoisotopic (exact) mass is 265 g/mol. The summed E-state index contributed by atoms with van der Waals surface area (Å²) in [6, 6.07) is 0. The molecule has 1 rings (SSSR count). The second-order valence-corrected chi connectivity index (χ2v) is 4.63. The van der Waals surface area contributed by atoms with Gasteiger partial charge in [-0.05, 0) is 33.1 Å². The largest absolute Gasteiger partial charge is 0.371 e. The van der Waals surface area contributed by atoms with Gasteiger partial charge in [-0.3, -0.25) is 0 Å². The molecule has 0 radical (unpaired) electrons. The van der Waals surface area contributed by atoms with E-state index in [0.29, 0.717) is 6.61 Å². The van der Waals surface area contributed by atoms with E-state index in [1.807, 2.05) is 6.92 Å². The predicted octanol–water partition coefficient (Wildman–Crippen LogP) is 3.66. The quantitative estimate of drug-likeness (QED) is 0.779. The Morgan fingerprint density at radius 3 is 2.42 bits per heavy atom. The fraction of sp³-hybridized carbons (Fsp3) is 0.733. The fourth-order valence-electron chi connectivity index (χ4n) is 2.15. The van der Waals surface area contributed by atoms with Crippen molar-refractivity contribution in [1.29, 1.82) is 0 Å². The summed E-state index contributed by atoms with van der Waals surface area (Å²) in [5.41, 5.74) is 2.27. The van der Waals surface area contributed by atoms with Gasteiger partial charge in [-0.15, -0.1) is 0 Å². The summed E-state index contributed by atoms with van der Waals surface area (Å²) in [5.74, 6) is 1.78. The Morgan fingerprint density at radius 1 is 1.16 bits per heavy atom. The van der Waals surface area contributed by atoms with Crippen molar-refractivity contribution in [3.05, 3.63) is 17.1 Å². The lowest BCUT2D eigenvalue weighted by atomic mass is 10.1. The zero-order valence-electron chi connectivity index (χ0n) is 12.9. The lowest BCUT2D eigenvalue weighted by molar-refractivity contribution is 0.0534. The molecule has 4 nitrogen and oxygen atoms in total. The average molecular weight is 265 g/mol. The molecule has 0 bridgehead atoms. The van der Waals surface area contributed by atoms with Gasteiger partial charge >= 0.3 is 0 Å². The third kappa shape index (κ3) is 4.16. The van der Waals surface area contributed by atoms with Crippen molar-refractivity contribution in [1.82, 2.24) is 9.97 Å². The molecule has 0 aliphatic carbocycles. The van der Waals surface area contributed by atoms with E-state index in [1.165, 1.54) is 5.56 Å². The van der Waals surface area contributed by atoms with Crippen molar-refractivity contribution in [3.8, 4) is 0 Å². The van der Waals surface area contributed by atoms with Gasteiger partial charge in [0.2, 0.25) is 0 Å². The van der Waals surface area contributed by atoms with E-state index in [-0.39, 0.29) is 6.10 Å². The summed E-state index contributed by atoms with van der Waals surface area (Å²) >= 11 is 0. The molecule has 1 heterocycles. The van der Waals surface area contributed by atoms with Gasteiger partial charge in [0.15, 0.2) is 5.82 Å². The van der Waals surface area contributed by atoms with Crippen molar-refractivity contribution >= 4 is 5.82 Å². The Kier molecular flexibility index (Phi) is 6.78. The van der Waals surface area contributed by atoms with Crippen LogP contribution in [0.3, 0.4) is 0 Å². The third-order valence-electron chi connectivity index (χ3n) is 3.15. The van der Waals surface area contributed by atoms with E-state index in [0.717, 1.165) is 43.1 Å². The first-order chi connectivity index (χ1) is 9.17.